The van der Waals surface area contributed by atoms with Crippen LogP contribution in [0, 0.1) is 6.92 Å². The summed E-state index contributed by atoms with van der Waals surface area (Å²) in [6.07, 6.45) is 0. The Balaban J connectivity index is 2.29. The van der Waals surface area contributed by atoms with E-state index < -0.39 is 0 Å². The molecule has 0 atom stereocenters. The van der Waals surface area contributed by atoms with Gasteiger partial charge in [0.25, 0.3) is 0 Å². The van der Waals surface area contributed by atoms with Gasteiger partial charge in [-0.1, -0.05) is 11.6 Å². The Bertz CT molecular complexity index is 749. The largest absolute Gasteiger partial charge is 0.496 e. The van der Waals surface area contributed by atoms with Gasteiger partial charge >= 0.3 is 0 Å². The lowest BCUT2D eigenvalue weighted by Gasteiger charge is -2.08. The number of hydrogen-bond donors (Lipinski definition) is 1. The predicted molar refractivity (Wildman–Crippen MR) is 80.8 cm³/mol. The van der Waals surface area contributed by atoms with Crippen LogP contribution < -0.4 is 10.5 Å². The number of anilines is 1. The summed E-state index contributed by atoms with van der Waals surface area (Å²) in [6.45, 7) is 2.06. The lowest BCUT2D eigenvalue weighted by molar-refractivity contribution is 0.416. The van der Waals surface area contributed by atoms with Crippen molar-refractivity contribution in [2.75, 3.05) is 12.8 Å². The topological polar surface area (TPSA) is 48.1 Å². The van der Waals surface area contributed by atoms with Gasteiger partial charge in [-0.15, -0.1) is 0 Å². The van der Waals surface area contributed by atoms with Crippen molar-refractivity contribution in [2.24, 2.45) is 0 Å². The Labute approximate surface area is 115 Å². The van der Waals surface area contributed by atoms with Crippen LogP contribution in [0.25, 0.3) is 21.3 Å². The van der Waals surface area contributed by atoms with Crippen molar-refractivity contribution in [3.8, 4) is 17.0 Å². The molecular weight excluding hydrogens is 256 g/mol. The van der Waals surface area contributed by atoms with Crippen molar-refractivity contribution >= 4 is 27.3 Å². The zero-order chi connectivity index (χ0) is 13.4. The minimum absolute atomic E-state index is 0.751. The number of ether oxygens (including phenoxy) is 1. The second-order valence-corrected chi connectivity index (χ2v) is 5.30. The third-order valence-electron chi connectivity index (χ3n) is 3.10. The average molecular weight is 270 g/mol. The van der Waals surface area contributed by atoms with Gasteiger partial charge in [-0.3, -0.25) is 0 Å². The minimum atomic E-state index is 0.751. The van der Waals surface area contributed by atoms with Crippen molar-refractivity contribution in [1.82, 2.24) is 4.37 Å². The molecule has 0 radical (unpaired) electrons. The molecule has 0 spiro atoms. The van der Waals surface area contributed by atoms with Crippen molar-refractivity contribution in [3.05, 3.63) is 42.0 Å². The van der Waals surface area contributed by atoms with Crippen LogP contribution in [0.4, 0.5) is 5.69 Å². The lowest BCUT2D eigenvalue weighted by Crippen LogP contribution is -1.90. The van der Waals surface area contributed by atoms with E-state index in [1.165, 1.54) is 17.1 Å². The molecule has 96 valence electrons. The third-order valence-corrected chi connectivity index (χ3v) is 3.93. The molecule has 3 nitrogen and oxygen atoms in total. The van der Waals surface area contributed by atoms with Crippen molar-refractivity contribution in [3.63, 3.8) is 0 Å². The molecule has 4 heteroatoms. The molecule has 2 N–H and O–H groups in total. The van der Waals surface area contributed by atoms with Gasteiger partial charge in [0.1, 0.15) is 5.75 Å². The van der Waals surface area contributed by atoms with Crippen molar-refractivity contribution in [1.29, 1.82) is 0 Å². The number of benzene rings is 2. The second-order valence-electron chi connectivity index (χ2n) is 4.49. The fourth-order valence-corrected chi connectivity index (χ4v) is 2.93. The maximum absolute atomic E-state index is 5.88. The number of rotatable bonds is 2. The standard InChI is InChI=1S/C15H14N2OS/c1-9-3-5-13(18-2)11(7-9)15-12-8-10(16)4-6-14(12)19-17-15/h3-8H,16H2,1-2H3. The van der Waals surface area contributed by atoms with Crippen LogP contribution in [0.1, 0.15) is 5.56 Å². The number of aryl methyl sites for hydroxylation is 1. The van der Waals surface area contributed by atoms with Gasteiger partial charge in [-0.2, -0.15) is 4.37 Å². The van der Waals surface area contributed by atoms with Gasteiger partial charge < -0.3 is 10.5 Å². The highest BCUT2D eigenvalue weighted by Crippen LogP contribution is 2.37. The first-order chi connectivity index (χ1) is 9.19. The Morgan fingerprint density at radius 2 is 2.00 bits per heavy atom. The summed E-state index contributed by atoms with van der Waals surface area (Å²) in [5, 5.41) is 1.08. The summed E-state index contributed by atoms with van der Waals surface area (Å²) >= 11 is 1.48. The highest BCUT2D eigenvalue weighted by Gasteiger charge is 2.13. The molecule has 0 aliphatic carbocycles. The summed E-state index contributed by atoms with van der Waals surface area (Å²) in [7, 11) is 1.68. The third kappa shape index (κ3) is 2.04. The van der Waals surface area contributed by atoms with Gasteiger partial charge in [-0.05, 0) is 48.8 Å². The molecule has 0 bridgehead atoms. The fraction of sp³-hybridized carbons (Fsp3) is 0.133. The zero-order valence-corrected chi connectivity index (χ0v) is 11.6. The quantitative estimate of drug-likeness (QED) is 0.719. The number of hydrogen-bond acceptors (Lipinski definition) is 4. The smallest absolute Gasteiger partial charge is 0.128 e. The van der Waals surface area contributed by atoms with E-state index >= 15 is 0 Å². The molecule has 3 rings (SSSR count). The Hall–Kier alpha value is -2.07. The van der Waals surface area contributed by atoms with Gasteiger partial charge in [0.05, 0.1) is 17.5 Å². The Morgan fingerprint density at radius 3 is 2.79 bits per heavy atom. The maximum atomic E-state index is 5.88. The second kappa shape index (κ2) is 4.55. The first-order valence-corrected chi connectivity index (χ1v) is 6.76. The van der Waals surface area contributed by atoms with Crippen LogP contribution in [0.2, 0.25) is 0 Å². The molecule has 1 heterocycles. The number of aromatic nitrogens is 1. The molecular formula is C15H14N2OS. The molecule has 0 amide bonds. The Morgan fingerprint density at radius 1 is 1.16 bits per heavy atom. The highest BCUT2D eigenvalue weighted by atomic mass is 32.1. The van der Waals surface area contributed by atoms with Crippen LogP contribution in [-0.2, 0) is 0 Å². The Kier molecular flexibility index (Phi) is 2.87. The minimum Gasteiger partial charge on any atom is -0.496 e. The van der Waals surface area contributed by atoms with E-state index in [4.69, 9.17) is 10.5 Å². The van der Waals surface area contributed by atoms with E-state index in [2.05, 4.69) is 17.4 Å². The summed E-state index contributed by atoms with van der Waals surface area (Å²) in [5.74, 6) is 0.834. The predicted octanol–water partition coefficient (Wildman–Crippen LogP) is 3.86. The van der Waals surface area contributed by atoms with E-state index in [0.29, 0.717) is 0 Å². The fourth-order valence-electron chi connectivity index (χ4n) is 2.16. The van der Waals surface area contributed by atoms with E-state index in [1.807, 2.05) is 30.3 Å². The summed E-state index contributed by atoms with van der Waals surface area (Å²) < 4.78 is 11.1. The molecule has 0 fully saturated rings. The molecule has 0 saturated heterocycles. The van der Waals surface area contributed by atoms with E-state index in [9.17, 15) is 0 Å². The molecule has 0 unspecified atom stereocenters. The summed E-state index contributed by atoms with van der Waals surface area (Å²) in [6, 6.07) is 12.0. The summed E-state index contributed by atoms with van der Waals surface area (Å²) in [5.41, 5.74) is 9.76. The molecule has 0 aliphatic heterocycles. The molecule has 0 saturated carbocycles. The van der Waals surface area contributed by atoms with E-state index in [-0.39, 0.29) is 0 Å². The molecule has 19 heavy (non-hydrogen) atoms. The van der Waals surface area contributed by atoms with Gasteiger partial charge in [0.2, 0.25) is 0 Å². The van der Waals surface area contributed by atoms with Crippen LogP contribution in [0.3, 0.4) is 0 Å². The number of methoxy groups -OCH3 is 1. The average Bonchev–Trinajstić information content (AvgIpc) is 2.81. The number of nitrogen functional groups attached to an aromatic ring is 1. The number of fused-ring (bicyclic) bond motifs is 1. The SMILES string of the molecule is COc1ccc(C)cc1-c1nsc2ccc(N)cc12. The van der Waals surface area contributed by atoms with Crippen molar-refractivity contribution < 1.29 is 4.74 Å². The zero-order valence-electron chi connectivity index (χ0n) is 10.8. The van der Waals surface area contributed by atoms with Crippen LogP contribution >= 0.6 is 11.5 Å². The van der Waals surface area contributed by atoms with Crippen LogP contribution in [0.5, 0.6) is 5.75 Å². The van der Waals surface area contributed by atoms with Crippen LogP contribution in [-0.4, -0.2) is 11.5 Å². The van der Waals surface area contributed by atoms with Gasteiger partial charge in [0.15, 0.2) is 0 Å². The molecule has 3 aromatic rings. The van der Waals surface area contributed by atoms with Gasteiger partial charge in [-0.25, -0.2) is 0 Å². The highest BCUT2D eigenvalue weighted by molar-refractivity contribution is 7.13. The van der Waals surface area contributed by atoms with E-state index in [0.717, 1.165) is 32.8 Å². The first-order valence-electron chi connectivity index (χ1n) is 5.99. The van der Waals surface area contributed by atoms with Crippen molar-refractivity contribution in [2.45, 2.75) is 6.92 Å². The molecule has 1 aromatic heterocycles. The number of nitrogens with zero attached hydrogens (tertiary/aromatic N) is 1. The lowest BCUT2D eigenvalue weighted by atomic mass is 10.0. The molecule has 0 aliphatic rings. The number of nitrogens with two attached hydrogens (primary N) is 1. The van der Waals surface area contributed by atoms with Gasteiger partial charge in [0, 0.05) is 16.6 Å². The molecule has 2 aromatic carbocycles. The normalized spacial score (nSPS) is 10.8. The van der Waals surface area contributed by atoms with Crippen LogP contribution in [0.15, 0.2) is 36.4 Å². The summed E-state index contributed by atoms with van der Waals surface area (Å²) in [4.78, 5) is 0. The first kappa shape index (κ1) is 12.0. The monoisotopic (exact) mass is 270 g/mol. The maximum Gasteiger partial charge on any atom is 0.128 e. The van der Waals surface area contributed by atoms with E-state index in [1.54, 1.807) is 7.11 Å².